The van der Waals surface area contributed by atoms with Gasteiger partial charge < -0.3 is 5.73 Å². The van der Waals surface area contributed by atoms with Crippen LogP contribution in [0.2, 0.25) is 0 Å². The van der Waals surface area contributed by atoms with E-state index in [1.54, 1.807) is 0 Å². The van der Waals surface area contributed by atoms with Crippen molar-refractivity contribution in [2.75, 3.05) is 6.54 Å². The molecule has 1 aromatic carbocycles. The molecular weight excluding hydrogens is 246 g/mol. The molecule has 2 aromatic rings. The Morgan fingerprint density at radius 2 is 1.85 bits per heavy atom. The number of nitrogens with zero attached hydrogens (tertiary/aromatic N) is 2. The first kappa shape index (κ1) is 14.8. The van der Waals surface area contributed by atoms with Crippen molar-refractivity contribution in [3.63, 3.8) is 0 Å². The van der Waals surface area contributed by atoms with Crippen LogP contribution in [0, 0.1) is 0 Å². The van der Waals surface area contributed by atoms with Crippen LogP contribution in [-0.2, 0) is 19.4 Å². The molecule has 0 bridgehead atoms. The van der Waals surface area contributed by atoms with Crippen LogP contribution in [-0.4, -0.2) is 16.3 Å². The van der Waals surface area contributed by atoms with Crippen molar-refractivity contribution in [1.82, 2.24) is 9.78 Å². The first-order chi connectivity index (χ1) is 9.67. The molecular formula is C17H25N3. The van der Waals surface area contributed by atoms with Gasteiger partial charge in [0.1, 0.15) is 0 Å². The van der Waals surface area contributed by atoms with Crippen LogP contribution in [0.3, 0.4) is 0 Å². The minimum absolute atomic E-state index is 0.423. The molecule has 0 saturated carbocycles. The lowest BCUT2D eigenvalue weighted by Gasteiger charge is -2.10. The fourth-order valence-electron chi connectivity index (χ4n) is 2.37. The number of benzene rings is 1. The predicted octanol–water partition coefficient (Wildman–Crippen LogP) is 3.12. The number of hydrogen-bond donors (Lipinski definition) is 1. The van der Waals surface area contributed by atoms with E-state index in [9.17, 15) is 0 Å². The Balaban J connectivity index is 2.15. The van der Waals surface area contributed by atoms with Gasteiger partial charge in [0.15, 0.2) is 0 Å². The average molecular weight is 271 g/mol. The van der Waals surface area contributed by atoms with Gasteiger partial charge in [-0.05, 0) is 42.5 Å². The van der Waals surface area contributed by atoms with Crippen molar-refractivity contribution in [3.8, 4) is 0 Å². The summed E-state index contributed by atoms with van der Waals surface area (Å²) in [6, 6.07) is 11.0. The summed E-state index contributed by atoms with van der Waals surface area (Å²) in [5, 5.41) is 4.67. The van der Waals surface area contributed by atoms with Crippen LogP contribution in [0.25, 0.3) is 0 Å². The van der Waals surface area contributed by atoms with Gasteiger partial charge >= 0.3 is 0 Å². The van der Waals surface area contributed by atoms with E-state index in [-0.39, 0.29) is 0 Å². The van der Waals surface area contributed by atoms with E-state index in [0.717, 1.165) is 19.4 Å². The van der Waals surface area contributed by atoms with Gasteiger partial charge in [-0.2, -0.15) is 5.10 Å². The van der Waals surface area contributed by atoms with Gasteiger partial charge in [0, 0.05) is 5.69 Å². The van der Waals surface area contributed by atoms with E-state index in [2.05, 4.69) is 60.9 Å². The third-order valence-electron chi connectivity index (χ3n) is 3.87. The summed E-state index contributed by atoms with van der Waals surface area (Å²) in [5.74, 6) is 0.423. The molecule has 1 unspecified atom stereocenters. The minimum Gasteiger partial charge on any atom is -0.330 e. The van der Waals surface area contributed by atoms with Gasteiger partial charge in [0.05, 0.1) is 12.2 Å². The van der Waals surface area contributed by atoms with E-state index in [0.29, 0.717) is 12.5 Å². The fourth-order valence-corrected chi connectivity index (χ4v) is 2.37. The van der Waals surface area contributed by atoms with Gasteiger partial charge in [0.2, 0.25) is 0 Å². The van der Waals surface area contributed by atoms with Crippen LogP contribution in [0.5, 0.6) is 0 Å². The normalized spacial score (nSPS) is 12.6. The molecule has 0 amide bonds. The summed E-state index contributed by atoms with van der Waals surface area (Å²) in [5.41, 5.74) is 10.8. The van der Waals surface area contributed by atoms with Crippen molar-refractivity contribution in [3.05, 3.63) is 52.8 Å². The molecule has 1 heterocycles. The molecule has 20 heavy (non-hydrogen) atoms. The lowest BCUT2D eigenvalue weighted by atomic mass is 10.00. The summed E-state index contributed by atoms with van der Waals surface area (Å²) >= 11 is 0. The highest BCUT2D eigenvalue weighted by Crippen LogP contribution is 2.16. The average Bonchev–Trinajstić information content (AvgIpc) is 2.89. The fraction of sp³-hybridized carbons (Fsp3) is 0.471. The molecule has 0 aliphatic rings. The van der Waals surface area contributed by atoms with E-state index >= 15 is 0 Å². The molecule has 1 aromatic heterocycles. The van der Waals surface area contributed by atoms with Crippen LogP contribution >= 0.6 is 0 Å². The summed E-state index contributed by atoms with van der Waals surface area (Å²) in [7, 11) is 0. The highest BCUT2D eigenvalue weighted by atomic mass is 15.3. The van der Waals surface area contributed by atoms with Crippen molar-refractivity contribution < 1.29 is 0 Å². The van der Waals surface area contributed by atoms with Crippen LogP contribution < -0.4 is 5.73 Å². The number of aromatic nitrogens is 2. The quantitative estimate of drug-likeness (QED) is 0.877. The third kappa shape index (κ3) is 3.28. The molecule has 0 spiro atoms. The molecule has 0 aliphatic carbocycles. The predicted molar refractivity (Wildman–Crippen MR) is 84.0 cm³/mol. The lowest BCUT2D eigenvalue weighted by molar-refractivity contribution is 0.640. The second-order valence-electron chi connectivity index (χ2n) is 5.37. The van der Waals surface area contributed by atoms with E-state index in [4.69, 9.17) is 5.73 Å². The van der Waals surface area contributed by atoms with E-state index < -0.39 is 0 Å². The topological polar surface area (TPSA) is 43.8 Å². The first-order valence-corrected chi connectivity index (χ1v) is 7.52. The zero-order valence-corrected chi connectivity index (χ0v) is 12.8. The molecule has 108 valence electrons. The second-order valence-corrected chi connectivity index (χ2v) is 5.37. The van der Waals surface area contributed by atoms with Gasteiger partial charge in [-0.3, -0.25) is 4.68 Å². The summed E-state index contributed by atoms with van der Waals surface area (Å²) in [4.78, 5) is 0. The maximum absolute atomic E-state index is 5.71. The number of rotatable bonds is 6. The molecule has 0 fully saturated rings. The Hall–Kier alpha value is -1.61. The highest BCUT2D eigenvalue weighted by Gasteiger charge is 2.07. The Bertz CT molecular complexity index is 540. The van der Waals surface area contributed by atoms with Gasteiger partial charge in [-0.25, -0.2) is 0 Å². The second kappa shape index (κ2) is 6.71. The van der Waals surface area contributed by atoms with Crippen molar-refractivity contribution in [1.29, 1.82) is 0 Å². The van der Waals surface area contributed by atoms with Gasteiger partial charge in [-0.15, -0.1) is 0 Å². The molecule has 3 heteroatoms. The molecule has 0 saturated heterocycles. The third-order valence-corrected chi connectivity index (χ3v) is 3.87. The van der Waals surface area contributed by atoms with Crippen LogP contribution in [0.4, 0.5) is 0 Å². The number of nitrogens with two attached hydrogens (primary N) is 1. The van der Waals surface area contributed by atoms with E-state index in [1.165, 1.54) is 22.5 Å². The molecule has 2 N–H and O–H groups in total. The summed E-state index contributed by atoms with van der Waals surface area (Å²) < 4.78 is 2.13. The zero-order valence-electron chi connectivity index (χ0n) is 12.8. The van der Waals surface area contributed by atoms with Gasteiger partial charge in [0.25, 0.3) is 0 Å². The Kier molecular flexibility index (Phi) is 4.96. The largest absolute Gasteiger partial charge is 0.330 e. The van der Waals surface area contributed by atoms with Gasteiger partial charge in [-0.1, -0.05) is 45.0 Å². The standard InChI is InChI=1S/C17H25N3/c1-4-16-10-17(5-2)20(19-16)12-14-6-8-15(9-7-14)13(3)11-18/h6-10,13H,4-5,11-12,18H2,1-3H3. The van der Waals surface area contributed by atoms with Crippen molar-refractivity contribution in [2.45, 2.75) is 46.1 Å². The Labute approximate surface area is 121 Å². The van der Waals surface area contributed by atoms with Crippen LogP contribution in [0.1, 0.15) is 49.2 Å². The molecule has 2 rings (SSSR count). The molecule has 0 radical (unpaired) electrons. The first-order valence-electron chi connectivity index (χ1n) is 7.52. The number of aryl methyl sites for hydroxylation is 2. The maximum Gasteiger partial charge on any atom is 0.0662 e. The Morgan fingerprint density at radius 1 is 1.15 bits per heavy atom. The zero-order chi connectivity index (χ0) is 14.5. The molecule has 0 aliphatic heterocycles. The van der Waals surface area contributed by atoms with Crippen molar-refractivity contribution >= 4 is 0 Å². The summed E-state index contributed by atoms with van der Waals surface area (Å²) in [6.45, 7) is 8.03. The minimum atomic E-state index is 0.423. The Morgan fingerprint density at radius 3 is 2.40 bits per heavy atom. The highest BCUT2D eigenvalue weighted by molar-refractivity contribution is 5.26. The maximum atomic E-state index is 5.71. The SMILES string of the molecule is CCc1cc(CC)n(Cc2ccc(C(C)CN)cc2)n1. The van der Waals surface area contributed by atoms with Crippen molar-refractivity contribution in [2.24, 2.45) is 5.73 Å². The lowest BCUT2D eigenvalue weighted by Crippen LogP contribution is -2.09. The molecule has 3 nitrogen and oxygen atoms in total. The van der Waals surface area contributed by atoms with E-state index in [1.807, 2.05) is 0 Å². The van der Waals surface area contributed by atoms with Crippen LogP contribution in [0.15, 0.2) is 30.3 Å². The summed E-state index contributed by atoms with van der Waals surface area (Å²) in [6.07, 6.45) is 2.02. The number of hydrogen-bond acceptors (Lipinski definition) is 2. The molecule has 1 atom stereocenters. The smallest absolute Gasteiger partial charge is 0.0662 e. The monoisotopic (exact) mass is 271 g/mol.